The van der Waals surface area contributed by atoms with Crippen molar-refractivity contribution in [2.24, 2.45) is 0 Å². The summed E-state index contributed by atoms with van der Waals surface area (Å²) in [6, 6.07) is 0. The Hall–Kier alpha value is -1.10. The summed E-state index contributed by atoms with van der Waals surface area (Å²) in [7, 11) is 3.31. The summed E-state index contributed by atoms with van der Waals surface area (Å²) in [6.45, 7) is 0.523. The second-order valence-electron chi connectivity index (χ2n) is 2.61. The lowest BCUT2D eigenvalue weighted by Gasteiger charge is -2.09. The van der Waals surface area contributed by atoms with E-state index in [4.69, 9.17) is 5.11 Å². The van der Waals surface area contributed by atoms with Crippen LogP contribution in [0.4, 0.5) is 0 Å². The largest absolute Gasteiger partial charge is 0.481 e. The van der Waals surface area contributed by atoms with E-state index >= 15 is 0 Å². The van der Waals surface area contributed by atoms with Gasteiger partial charge in [0.2, 0.25) is 5.91 Å². The van der Waals surface area contributed by atoms with Gasteiger partial charge in [0, 0.05) is 20.6 Å². The van der Waals surface area contributed by atoms with Crippen LogP contribution in [0.3, 0.4) is 0 Å². The molecule has 0 aliphatic rings. The molecule has 0 aromatic carbocycles. The normalized spacial score (nSPS) is 9.50. The van der Waals surface area contributed by atoms with E-state index in [2.05, 4.69) is 5.32 Å². The first-order valence-corrected chi connectivity index (χ1v) is 3.66. The maximum absolute atomic E-state index is 10.9. The van der Waals surface area contributed by atoms with Crippen molar-refractivity contribution in [3.05, 3.63) is 0 Å². The molecule has 0 aromatic rings. The van der Waals surface area contributed by atoms with Gasteiger partial charge in [-0.15, -0.1) is 0 Å². The van der Waals surface area contributed by atoms with E-state index in [-0.39, 0.29) is 18.9 Å². The maximum atomic E-state index is 10.9. The van der Waals surface area contributed by atoms with Crippen molar-refractivity contribution in [3.8, 4) is 0 Å². The molecule has 0 fully saturated rings. The van der Waals surface area contributed by atoms with Crippen LogP contribution >= 0.6 is 0 Å². The molecule has 70 valence electrons. The zero-order valence-corrected chi connectivity index (χ0v) is 7.33. The second kappa shape index (κ2) is 5.54. The third-order valence-corrected chi connectivity index (χ3v) is 1.29. The predicted molar refractivity (Wildman–Crippen MR) is 43.8 cm³/mol. The quantitative estimate of drug-likeness (QED) is 0.532. The molecular formula is C7H14N2O3. The Morgan fingerprint density at radius 2 is 2.00 bits per heavy atom. The lowest BCUT2D eigenvalue weighted by molar-refractivity contribution is -0.137. The summed E-state index contributed by atoms with van der Waals surface area (Å²) in [5.41, 5.74) is 0. The molecular weight excluding hydrogens is 160 g/mol. The number of carbonyl (C=O) groups is 2. The van der Waals surface area contributed by atoms with Crippen molar-refractivity contribution in [2.75, 3.05) is 27.2 Å². The summed E-state index contributed by atoms with van der Waals surface area (Å²) < 4.78 is 0. The standard InChI is InChI=1S/C7H14N2O3/c1-9(2)6(10)5-8-4-3-7(11)12/h8H,3-5H2,1-2H3,(H,11,12). The Bertz CT molecular complexity index is 168. The third-order valence-electron chi connectivity index (χ3n) is 1.29. The minimum atomic E-state index is -0.861. The molecule has 5 heteroatoms. The molecule has 0 saturated carbocycles. The highest BCUT2D eigenvalue weighted by atomic mass is 16.4. The fraction of sp³-hybridized carbons (Fsp3) is 0.714. The molecule has 0 radical (unpaired) electrons. The molecule has 0 saturated heterocycles. The molecule has 0 aromatic heterocycles. The molecule has 12 heavy (non-hydrogen) atoms. The molecule has 0 aliphatic heterocycles. The Morgan fingerprint density at radius 3 is 2.42 bits per heavy atom. The highest BCUT2D eigenvalue weighted by Crippen LogP contribution is 1.78. The van der Waals surface area contributed by atoms with E-state index in [0.717, 1.165) is 0 Å². The molecule has 1 amide bonds. The van der Waals surface area contributed by atoms with Gasteiger partial charge in [-0.3, -0.25) is 9.59 Å². The molecule has 0 bridgehead atoms. The van der Waals surface area contributed by atoms with Crippen molar-refractivity contribution in [2.45, 2.75) is 6.42 Å². The van der Waals surface area contributed by atoms with Crippen LogP contribution in [0, 0.1) is 0 Å². The summed E-state index contributed by atoms with van der Waals surface area (Å²) in [4.78, 5) is 22.4. The van der Waals surface area contributed by atoms with Gasteiger partial charge in [-0.2, -0.15) is 0 Å². The van der Waals surface area contributed by atoms with Gasteiger partial charge in [0.25, 0.3) is 0 Å². The zero-order chi connectivity index (χ0) is 9.56. The van der Waals surface area contributed by atoms with Crippen LogP contribution in [0.25, 0.3) is 0 Å². The van der Waals surface area contributed by atoms with Crippen molar-refractivity contribution < 1.29 is 14.7 Å². The number of hydrogen-bond acceptors (Lipinski definition) is 3. The summed E-state index contributed by atoms with van der Waals surface area (Å²) in [6.07, 6.45) is 0.0424. The van der Waals surface area contributed by atoms with Crippen molar-refractivity contribution in [1.82, 2.24) is 10.2 Å². The molecule has 0 spiro atoms. The van der Waals surface area contributed by atoms with Gasteiger partial charge in [0.15, 0.2) is 0 Å². The van der Waals surface area contributed by atoms with Gasteiger partial charge in [-0.25, -0.2) is 0 Å². The summed E-state index contributed by atoms with van der Waals surface area (Å²) >= 11 is 0. The summed E-state index contributed by atoms with van der Waals surface area (Å²) in [5.74, 6) is -0.916. The Morgan fingerprint density at radius 1 is 1.42 bits per heavy atom. The van der Waals surface area contributed by atoms with Crippen LogP contribution in [-0.2, 0) is 9.59 Å². The Kier molecular flexibility index (Phi) is 5.03. The molecule has 5 nitrogen and oxygen atoms in total. The van der Waals surface area contributed by atoms with E-state index in [1.807, 2.05) is 0 Å². The number of nitrogens with zero attached hydrogens (tertiary/aromatic N) is 1. The predicted octanol–water partition coefficient (Wildman–Crippen LogP) is -0.861. The topological polar surface area (TPSA) is 69.6 Å². The fourth-order valence-electron chi connectivity index (χ4n) is 0.549. The van der Waals surface area contributed by atoms with E-state index in [9.17, 15) is 9.59 Å². The first-order valence-electron chi connectivity index (χ1n) is 3.66. The highest BCUT2D eigenvalue weighted by Gasteiger charge is 2.02. The number of hydrogen-bond donors (Lipinski definition) is 2. The van der Waals surface area contributed by atoms with Crippen molar-refractivity contribution in [3.63, 3.8) is 0 Å². The average molecular weight is 174 g/mol. The number of carboxylic acid groups (broad SMARTS) is 1. The molecule has 0 rings (SSSR count). The van der Waals surface area contributed by atoms with E-state index in [0.29, 0.717) is 6.54 Å². The number of amides is 1. The van der Waals surface area contributed by atoms with Crippen molar-refractivity contribution >= 4 is 11.9 Å². The Labute approximate surface area is 71.4 Å². The van der Waals surface area contributed by atoms with Gasteiger partial charge < -0.3 is 15.3 Å². The fourth-order valence-corrected chi connectivity index (χ4v) is 0.549. The van der Waals surface area contributed by atoms with Crippen LogP contribution < -0.4 is 5.32 Å². The number of carboxylic acids is 1. The molecule has 0 atom stereocenters. The summed E-state index contributed by atoms with van der Waals surface area (Å²) in [5, 5.41) is 11.0. The Balaban J connectivity index is 3.32. The monoisotopic (exact) mass is 174 g/mol. The third kappa shape index (κ3) is 5.67. The highest BCUT2D eigenvalue weighted by molar-refractivity contribution is 5.77. The van der Waals surface area contributed by atoms with E-state index < -0.39 is 5.97 Å². The minimum Gasteiger partial charge on any atom is -0.481 e. The smallest absolute Gasteiger partial charge is 0.304 e. The number of likely N-dealkylation sites (N-methyl/N-ethyl adjacent to an activating group) is 1. The molecule has 0 heterocycles. The van der Waals surface area contributed by atoms with E-state index in [1.165, 1.54) is 4.90 Å². The van der Waals surface area contributed by atoms with Gasteiger partial charge in [0.05, 0.1) is 13.0 Å². The number of aliphatic carboxylic acids is 1. The average Bonchev–Trinajstić information content (AvgIpc) is 1.97. The van der Waals surface area contributed by atoms with Gasteiger partial charge in [0.1, 0.15) is 0 Å². The van der Waals surface area contributed by atoms with Crippen LogP contribution in [0.5, 0.6) is 0 Å². The number of carbonyl (C=O) groups excluding carboxylic acids is 1. The van der Waals surface area contributed by atoms with Gasteiger partial charge in [-0.1, -0.05) is 0 Å². The van der Waals surface area contributed by atoms with Crippen LogP contribution in [-0.4, -0.2) is 49.1 Å². The first kappa shape index (κ1) is 10.9. The molecule has 0 aliphatic carbocycles. The lowest BCUT2D eigenvalue weighted by atomic mass is 10.4. The first-order chi connectivity index (χ1) is 5.54. The molecule has 0 unspecified atom stereocenters. The van der Waals surface area contributed by atoms with E-state index in [1.54, 1.807) is 14.1 Å². The number of nitrogens with one attached hydrogen (secondary N) is 1. The van der Waals surface area contributed by atoms with Crippen LogP contribution in [0.2, 0.25) is 0 Å². The molecule has 2 N–H and O–H groups in total. The number of rotatable bonds is 5. The van der Waals surface area contributed by atoms with Gasteiger partial charge in [-0.05, 0) is 0 Å². The SMILES string of the molecule is CN(C)C(=O)CNCCC(=O)O. The minimum absolute atomic E-state index is 0.0424. The lowest BCUT2D eigenvalue weighted by Crippen LogP contribution is -2.33. The van der Waals surface area contributed by atoms with Crippen LogP contribution in [0.15, 0.2) is 0 Å². The van der Waals surface area contributed by atoms with Crippen LogP contribution in [0.1, 0.15) is 6.42 Å². The maximum Gasteiger partial charge on any atom is 0.304 e. The second-order valence-corrected chi connectivity index (χ2v) is 2.61. The van der Waals surface area contributed by atoms with Gasteiger partial charge >= 0.3 is 5.97 Å². The van der Waals surface area contributed by atoms with Crippen molar-refractivity contribution in [1.29, 1.82) is 0 Å². The zero-order valence-electron chi connectivity index (χ0n) is 7.33.